The lowest BCUT2D eigenvalue weighted by Gasteiger charge is -2.25. The van der Waals surface area contributed by atoms with E-state index in [-0.39, 0.29) is 18.8 Å². The van der Waals surface area contributed by atoms with E-state index in [1.54, 1.807) is 18.2 Å². The number of aliphatic hydroxyl groups excluding tert-OH is 1. The third-order valence-corrected chi connectivity index (χ3v) is 4.96. The van der Waals surface area contributed by atoms with Gasteiger partial charge in [0.25, 0.3) is 0 Å². The number of carbonyl (C=O) groups excluding carboxylic acids is 2. The minimum absolute atomic E-state index is 0.0924. The minimum Gasteiger partial charge on any atom is -0.461 e. The molecule has 1 aliphatic rings. The predicted molar refractivity (Wildman–Crippen MR) is 105 cm³/mol. The number of ether oxygens (including phenoxy) is 2. The van der Waals surface area contributed by atoms with E-state index < -0.39 is 30.1 Å². The fraction of sp³-hybridized carbons (Fsp3) is 0.304. The van der Waals surface area contributed by atoms with Gasteiger partial charge in [-0.2, -0.15) is 0 Å². The standard InChI is InChI=1S/C23H23FO5/c1-2-20(17-6-4-3-5-7-17)22(27)28-15-23(14-25)13-18(21(26)29-23)12-16-8-10-19(24)11-9-16/h3-12,20,25H,2,13-15H2,1H3/b18-12+. The summed E-state index contributed by atoms with van der Waals surface area (Å²) in [7, 11) is 0. The summed E-state index contributed by atoms with van der Waals surface area (Å²) < 4.78 is 23.9. The van der Waals surface area contributed by atoms with Crippen molar-refractivity contribution in [1.29, 1.82) is 0 Å². The molecule has 1 fully saturated rings. The van der Waals surface area contributed by atoms with E-state index >= 15 is 0 Å². The molecule has 0 radical (unpaired) electrons. The molecule has 152 valence electrons. The van der Waals surface area contributed by atoms with Gasteiger partial charge in [-0.15, -0.1) is 0 Å². The first-order valence-corrected chi connectivity index (χ1v) is 9.48. The first-order valence-electron chi connectivity index (χ1n) is 9.48. The number of cyclic esters (lactones) is 1. The van der Waals surface area contributed by atoms with Crippen LogP contribution in [0.15, 0.2) is 60.2 Å². The molecule has 3 rings (SSSR count). The lowest BCUT2D eigenvalue weighted by atomic mass is 9.96. The molecule has 0 spiro atoms. The lowest BCUT2D eigenvalue weighted by molar-refractivity contribution is -0.167. The molecule has 6 heteroatoms. The summed E-state index contributed by atoms with van der Waals surface area (Å²) in [6.07, 6.45) is 2.24. The second-order valence-electron chi connectivity index (χ2n) is 7.11. The van der Waals surface area contributed by atoms with Crippen LogP contribution in [0.4, 0.5) is 4.39 Å². The summed E-state index contributed by atoms with van der Waals surface area (Å²) in [6, 6.07) is 15.0. The quantitative estimate of drug-likeness (QED) is 0.570. The van der Waals surface area contributed by atoms with Crippen LogP contribution in [-0.2, 0) is 19.1 Å². The highest BCUT2D eigenvalue weighted by molar-refractivity contribution is 5.96. The van der Waals surface area contributed by atoms with Crippen molar-refractivity contribution in [3.05, 3.63) is 77.1 Å². The van der Waals surface area contributed by atoms with Crippen LogP contribution >= 0.6 is 0 Å². The molecule has 2 aromatic carbocycles. The van der Waals surface area contributed by atoms with E-state index in [1.807, 2.05) is 37.3 Å². The number of hydrogen-bond acceptors (Lipinski definition) is 5. The monoisotopic (exact) mass is 398 g/mol. The van der Waals surface area contributed by atoms with Crippen molar-refractivity contribution >= 4 is 18.0 Å². The first-order chi connectivity index (χ1) is 14.0. The topological polar surface area (TPSA) is 72.8 Å². The van der Waals surface area contributed by atoms with Crippen molar-refractivity contribution in [2.75, 3.05) is 13.2 Å². The van der Waals surface area contributed by atoms with Gasteiger partial charge < -0.3 is 14.6 Å². The minimum atomic E-state index is -1.31. The Morgan fingerprint density at radius 3 is 2.55 bits per heavy atom. The summed E-state index contributed by atoms with van der Waals surface area (Å²) in [5.74, 6) is -1.83. The van der Waals surface area contributed by atoms with E-state index in [0.717, 1.165) is 5.56 Å². The molecule has 0 aliphatic carbocycles. The van der Waals surface area contributed by atoms with Crippen LogP contribution in [0.1, 0.15) is 36.8 Å². The van der Waals surface area contributed by atoms with Crippen LogP contribution in [0.25, 0.3) is 6.08 Å². The number of carbonyl (C=O) groups is 2. The lowest BCUT2D eigenvalue weighted by Crippen LogP contribution is -2.39. The normalized spacial score (nSPS) is 21.1. The molecule has 1 aliphatic heterocycles. The molecule has 0 bridgehead atoms. The van der Waals surface area contributed by atoms with Gasteiger partial charge in [-0.05, 0) is 35.8 Å². The molecule has 0 saturated carbocycles. The number of esters is 2. The van der Waals surface area contributed by atoms with Crippen molar-refractivity contribution in [3.63, 3.8) is 0 Å². The summed E-state index contributed by atoms with van der Waals surface area (Å²) in [6.45, 7) is 1.17. The Kier molecular flexibility index (Phi) is 6.44. The molecule has 2 aromatic rings. The van der Waals surface area contributed by atoms with E-state index in [1.165, 1.54) is 12.1 Å². The van der Waals surface area contributed by atoms with Crippen LogP contribution in [-0.4, -0.2) is 35.9 Å². The second-order valence-corrected chi connectivity index (χ2v) is 7.11. The maximum atomic E-state index is 13.1. The average Bonchev–Trinajstić information content (AvgIpc) is 3.05. The van der Waals surface area contributed by atoms with Crippen molar-refractivity contribution in [1.82, 2.24) is 0 Å². The number of rotatable bonds is 7. The Hall–Kier alpha value is -2.99. The third kappa shape index (κ3) is 4.90. The smallest absolute Gasteiger partial charge is 0.334 e. The highest BCUT2D eigenvalue weighted by Gasteiger charge is 2.45. The number of halogens is 1. The van der Waals surface area contributed by atoms with Crippen LogP contribution in [0, 0.1) is 5.82 Å². The zero-order chi connectivity index (χ0) is 20.9. The highest BCUT2D eigenvalue weighted by Crippen LogP contribution is 2.33. The Morgan fingerprint density at radius 2 is 1.93 bits per heavy atom. The van der Waals surface area contributed by atoms with Gasteiger partial charge in [0.05, 0.1) is 12.5 Å². The second kappa shape index (κ2) is 9.01. The Labute approximate surface area is 168 Å². The van der Waals surface area contributed by atoms with Gasteiger partial charge >= 0.3 is 11.9 Å². The van der Waals surface area contributed by atoms with Crippen LogP contribution in [0.5, 0.6) is 0 Å². The molecule has 2 unspecified atom stereocenters. The van der Waals surface area contributed by atoms with Gasteiger partial charge in [-0.3, -0.25) is 4.79 Å². The fourth-order valence-electron chi connectivity index (χ4n) is 3.33. The molecule has 1 N–H and O–H groups in total. The van der Waals surface area contributed by atoms with E-state index in [4.69, 9.17) is 9.47 Å². The van der Waals surface area contributed by atoms with Crippen molar-refractivity contribution in [3.8, 4) is 0 Å². The molecular weight excluding hydrogens is 375 g/mol. The van der Waals surface area contributed by atoms with Gasteiger partial charge in [-0.25, -0.2) is 9.18 Å². The maximum Gasteiger partial charge on any atom is 0.334 e. The first kappa shape index (κ1) is 20.7. The summed E-state index contributed by atoms with van der Waals surface area (Å²) in [5, 5.41) is 9.83. The maximum absolute atomic E-state index is 13.1. The molecule has 1 heterocycles. The highest BCUT2D eigenvalue weighted by atomic mass is 19.1. The van der Waals surface area contributed by atoms with E-state index in [9.17, 15) is 19.1 Å². The fourth-order valence-corrected chi connectivity index (χ4v) is 3.33. The predicted octanol–water partition coefficient (Wildman–Crippen LogP) is 3.62. The molecule has 29 heavy (non-hydrogen) atoms. The largest absolute Gasteiger partial charge is 0.461 e. The van der Waals surface area contributed by atoms with Gasteiger partial charge in [0.2, 0.25) is 0 Å². The van der Waals surface area contributed by atoms with Crippen molar-refractivity contribution in [2.45, 2.75) is 31.3 Å². The van der Waals surface area contributed by atoms with Crippen LogP contribution in [0.2, 0.25) is 0 Å². The Bertz CT molecular complexity index is 891. The van der Waals surface area contributed by atoms with Gasteiger partial charge in [-0.1, -0.05) is 49.4 Å². The summed E-state index contributed by atoms with van der Waals surface area (Å²) >= 11 is 0. The molecule has 2 atom stereocenters. The number of aliphatic hydroxyl groups is 1. The van der Waals surface area contributed by atoms with Gasteiger partial charge in [0.15, 0.2) is 5.60 Å². The molecular formula is C23H23FO5. The van der Waals surface area contributed by atoms with Gasteiger partial charge in [0.1, 0.15) is 12.4 Å². The molecule has 0 amide bonds. The number of benzene rings is 2. The van der Waals surface area contributed by atoms with E-state index in [2.05, 4.69) is 0 Å². The zero-order valence-corrected chi connectivity index (χ0v) is 16.1. The molecule has 1 saturated heterocycles. The van der Waals surface area contributed by atoms with Crippen LogP contribution in [0.3, 0.4) is 0 Å². The Morgan fingerprint density at radius 1 is 1.24 bits per heavy atom. The third-order valence-electron chi connectivity index (χ3n) is 4.96. The Balaban J connectivity index is 1.69. The molecule has 0 aromatic heterocycles. The average molecular weight is 398 g/mol. The van der Waals surface area contributed by atoms with Crippen molar-refractivity contribution < 1.29 is 28.6 Å². The van der Waals surface area contributed by atoms with Crippen LogP contribution < -0.4 is 0 Å². The summed E-state index contributed by atoms with van der Waals surface area (Å²) in [5.41, 5.74) is 0.502. The number of hydrogen-bond donors (Lipinski definition) is 1. The molecule has 5 nitrogen and oxygen atoms in total. The zero-order valence-electron chi connectivity index (χ0n) is 16.1. The summed E-state index contributed by atoms with van der Waals surface area (Å²) in [4.78, 5) is 24.8. The SMILES string of the molecule is CCC(C(=O)OCC1(CO)C/C(=C\c2ccc(F)cc2)C(=O)O1)c1ccccc1. The van der Waals surface area contributed by atoms with Gasteiger partial charge in [0, 0.05) is 12.0 Å². The van der Waals surface area contributed by atoms with Crippen molar-refractivity contribution in [2.24, 2.45) is 0 Å². The van der Waals surface area contributed by atoms with E-state index in [0.29, 0.717) is 17.6 Å².